The van der Waals surface area contributed by atoms with Crippen LogP contribution in [-0.2, 0) is 6.54 Å². The van der Waals surface area contributed by atoms with E-state index in [-0.39, 0.29) is 6.54 Å². The SMILES string of the molecule is COc1ccc(C(=O)N(O)Cc2ccc(OCCN(C)C)cc2)cc1OC. The molecule has 0 saturated carbocycles. The molecule has 0 atom stereocenters. The Hall–Kier alpha value is -2.77. The highest BCUT2D eigenvalue weighted by Gasteiger charge is 2.16. The zero-order valence-electron chi connectivity index (χ0n) is 16.1. The first kappa shape index (κ1) is 20.5. The number of likely N-dealkylation sites (N-methyl/N-ethyl adjacent to an activating group) is 1. The molecule has 0 heterocycles. The molecule has 27 heavy (non-hydrogen) atoms. The van der Waals surface area contributed by atoms with Gasteiger partial charge in [-0.1, -0.05) is 12.1 Å². The number of methoxy groups -OCH3 is 2. The van der Waals surface area contributed by atoms with Crippen molar-refractivity contribution >= 4 is 5.91 Å². The molecule has 7 nitrogen and oxygen atoms in total. The minimum Gasteiger partial charge on any atom is -0.493 e. The van der Waals surface area contributed by atoms with E-state index in [1.807, 2.05) is 43.3 Å². The fourth-order valence-electron chi connectivity index (χ4n) is 2.40. The van der Waals surface area contributed by atoms with Crippen LogP contribution in [0.4, 0.5) is 0 Å². The molecule has 1 amide bonds. The number of rotatable bonds is 9. The highest BCUT2D eigenvalue weighted by Crippen LogP contribution is 2.28. The molecular weight excluding hydrogens is 348 g/mol. The van der Waals surface area contributed by atoms with Crippen LogP contribution in [0.2, 0.25) is 0 Å². The maximum Gasteiger partial charge on any atom is 0.277 e. The van der Waals surface area contributed by atoms with Gasteiger partial charge in [-0.15, -0.1) is 0 Å². The van der Waals surface area contributed by atoms with Crippen molar-refractivity contribution in [2.75, 3.05) is 41.5 Å². The molecule has 1 N–H and O–H groups in total. The molecule has 0 aliphatic heterocycles. The first-order chi connectivity index (χ1) is 12.9. The normalized spacial score (nSPS) is 10.6. The Balaban J connectivity index is 1.97. The van der Waals surface area contributed by atoms with Gasteiger partial charge in [0.25, 0.3) is 5.91 Å². The lowest BCUT2D eigenvalue weighted by atomic mass is 10.1. The quantitative estimate of drug-likeness (QED) is 0.537. The van der Waals surface area contributed by atoms with Crippen molar-refractivity contribution in [3.63, 3.8) is 0 Å². The summed E-state index contributed by atoms with van der Waals surface area (Å²) in [5, 5.41) is 10.8. The van der Waals surface area contributed by atoms with Crippen molar-refractivity contribution in [1.82, 2.24) is 9.96 Å². The minimum absolute atomic E-state index is 0.0607. The summed E-state index contributed by atoms with van der Waals surface area (Å²) in [6.45, 7) is 1.48. The topological polar surface area (TPSA) is 71.5 Å². The monoisotopic (exact) mass is 374 g/mol. The highest BCUT2D eigenvalue weighted by atomic mass is 16.5. The summed E-state index contributed by atoms with van der Waals surface area (Å²) in [5.41, 5.74) is 1.09. The summed E-state index contributed by atoms with van der Waals surface area (Å²) in [4.78, 5) is 14.5. The molecule has 0 unspecified atom stereocenters. The summed E-state index contributed by atoms with van der Waals surface area (Å²) in [5.74, 6) is 1.16. The van der Waals surface area contributed by atoms with Gasteiger partial charge in [0.2, 0.25) is 0 Å². The minimum atomic E-state index is -0.526. The average molecular weight is 374 g/mol. The van der Waals surface area contributed by atoms with E-state index in [2.05, 4.69) is 0 Å². The van der Waals surface area contributed by atoms with E-state index < -0.39 is 5.91 Å². The Morgan fingerprint density at radius 1 is 1.00 bits per heavy atom. The lowest BCUT2D eigenvalue weighted by Crippen LogP contribution is -2.26. The predicted octanol–water partition coefficient (Wildman–Crippen LogP) is 2.68. The van der Waals surface area contributed by atoms with Gasteiger partial charge < -0.3 is 19.1 Å². The van der Waals surface area contributed by atoms with E-state index >= 15 is 0 Å². The number of hydroxylamine groups is 2. The Morgan fingerprint density at radius 3 is 2.26 bits per heavy atom. The van der Waals surface area contributed by atoms with Gasteiger partial charge in [-0.3, -0.25) is 10.0 Å². The van der Waals surface area contributed by atoms with Crippen LogP contribution in [0.15, 0.2) is 42.5 Å². The van der Waals surface area contributed by atoms with E-state index in [1.54, 1.807) is 12.1 Å². The van der Waals surface area contributed by atoms with Crippen LogP contribution in [0.3, 0.4) is 0 Å². The summed E-state index contributed by atoms with van der Waals surface area (Å²) in [6.07, 6.45) is 0. The van der Waals surface area contributed by atoms with Crippen LogP contribution in [-0.4, -0.2) is 62.5 Å². The largest absolute Gasteiger partial charge is 0.493 e. The molecule has 2 rings (SSSR count). The van der Waals surface area contributed by atoms with Gasteiger partial charge in [-0.25, -0.2) is 5.06 Å². The molecule has 0 aliphatic rings. The third-order valence-electron chi connectivity index (χ3n) is 3.93. The molecular formula is C20H26N2O5. The molecule has 146 valence electrons. The molecule has 0 fully saturated rings. The number of benzene rings is 2. The van der Waals surface area contributed by atoms with E-state index in [4.69, 9.17) is 14.2 Å². The standard InChI is InChI=1S/C20H26N2O5/c1-21(2)11-12-27-17-8-5-15(6-9-17)14-22(24)20(23)16-7-10-18(25-3)19(13-16)26-4/h5-10,13,24H,11-12,14H2,1-4H3. The lowest BCUT2D eigenvalue weighted by molar-refractivity contribution is -0.0648. The molecule has 7 heteroatoms. The second kappa shape index (κ2) is 9.80. The van der Waals surface area contributed by atoms with Crippen LogP contribution >= 0.6 is 0 Å². The van der Waals surface area contributed by atoms with E-state index in [0.717, 1.165) is 17.9 Å². The van der Waals surface area contributed by atoms with Gasteiger partial charge in [0, 0.05) is 12.1 Å². The number of ether oxygens (including phenoxy) is 3. The Morgan fingerprint density at radius 2 is 1.67 bits per heavy atom. The number of carbonyl (C=O) groups excluding carboxylic acids is 1. The molecule has 2 aromatic carbocycles. The summed E-state index contributed by atoms with van der Waals surface area (Å²) in [6, 6.07) is 12.0. The molecule has 0 saturated heterocycles. The second-order valence-electron chi connectivity index (χ2n) is 6.23. The molecule has 0 bridgehead atoms. The molecule has 0 aromatic heterocycles. The van der Waals surface area contributed by atoms with Crippen molar-refractivity contribution in [2.45, 2.75) is 6.54 Å². The van der Waals surface area contributed by atoms with Crippen LogP contribution in [0.5, 0.6) is 17.2 Å². The summed E-state index contributed by atoms with van der Waals surface area (Å²) < 4.78 is 16.0. The zero-order valence-corrected chi connectivity index (χ0v) is 16.1. The van der Waals surface area contributed by atoms with Crippen LogP contribution in [0.25, 0.3) is 0 Å². The third-order valence-corrected chi connectivity index (χ3v) is 3.93. The Labute approximate surface area is 159 Å². The van der Waals surface area contributed by atoms with Crippen LogP contribution in [0.1, 0.15) is 15.9 Å². The first-order valence-corrected chi connectivity index (χ1v) is 8.54. The van der Waals surface area contributed by atoms with E-state index in [1.165, 1.54) is 20.3 Å². The van der Waals surface area contributed by atoms with Crippen molar-refractivity contribution in [1.29, 1.82) is 0 Å². The number of amides is 1. The van der Waals surface area contributed by atoms with Crippen LogP contribution < -0.4 is 14.2 Å². The van der Waals surface area contributed by atoms with Crippen LogP contribution in [0, 0.1) is 0 Å². The second-order valence-corrected chi connectivity index (χ2v) is 6.23. The van der Waals surface area contributed by atoms with E-state index in [0.29, 0.717) is 28.7 Å². The number of hydrogen-bond donors (Lipinski definition) is 1. The van der Waals surface area contributed by atoms with Crippen molar-refractivity contribution in [3.05, 3.63) is 53.6 Å². The Kier molecular flexibility index (Phi) is 7.45. The van der Waals surface area contributed by atoms with Gasteiger partial charge in [0.1, 0.15) is 12.4 Å². The summed E-state index contributed by atoms with van der Waals surface area (Å²) >= 11 is 0. The molecule has 0 aliphatic carbocycles. The van der Waals surface area contributed by atoms with Crippen molar-refractivity contribution in [2.24, 2.45) is 0 Å². The number of nitrogens with zero attached hydrogens (tertiary/aromatic N) is 2. The number of carbonyl (C=O) groups is 1. The predicted molar refractivity (Wildman–Crippen MR) is 102 cm³/mol. The third kappa shape index (κ3) is 5.87. The first-order valence-electron chi connectivity index (χ1n) is 8.54. The fraction of sp³-hybridized carbons (Fsp3) is 0.350. The maximum absolute atomic E-state index is 12.4. The maximum atomic E-state index is 12.4. The van der Waals surface area contributed by atoms with Gasteiger partial charge in [-0.2, -0.15) is 0 Å². The highest BCUT2D eigenvalue weighted by molar-refractivity contribution is 5.94. The zero-order chi connectivity index (χ0) is 19.8. The smallest absolute Gasteiger partial charge is 0.277 e. The average Bonchev–Trinajstić information content (AvgIpc) is 2.67. The Bertz CT molecular complexity index is 747. The molecule has 2 aromatic rings. The lowest BCUT2D eigenvalue weighted by Gasteiger charge is -2.17. The molecule has 0 spiro atoms. The summed E-state index contributed by atoms with van der Waals surface area (Å²) in [7, 11) is 6.98. The van der Waals surface area contributed by atoms with Gasteiger partial charge in [0.05, 0.1) is 20.8 Å². The number of hydrogen-bond acceptors (Lipinski definition) is 6. The van der Waals surface area contributed by atoms with E-state index in [9.17, 15) is 10.0 Å². The van der Waals surface area contributed by atoms with Crippen molar-refractivity contribution < 1.29 is 24.2 Å². The fourth-order valence-corrected chi connectivity index (χ4v) is 2.40. The molecule has 0 radical (unpaired) electrons. The van der Waals surface area contributed by atoms with Gasteiger partial charge in [-0.05, 0) is 50.0 Å². The van der Waals surface area contributed by atoms with Gasteiger partial charge >= 0.3 is 0 Å². The van der Waals surface area contributed by atoms with Crippen molar-refractivity contribution in [3.8, 4) is 17.2 Å². The van der Waals surface area contributed by atoms with Gasteiger partial charge in [0.15, 0.2) is 11.5 Å².